The number of halogens is 1. The van der Waals surface area contributed by atoms with Gasteiger partial charge in [0.1, 0.15) is 0 Å². The zero-order valence-electron chi connectivity index (χ0n) is 14.1. The first kappa shape index (κ1) is 20.7. The van der Waals surface area contributed by atoms with Gasteiger partial charge in [-0.1, -0.05) is 6.08 Å². The largest absolute Gasteiger partial charge is 0.355 e. The lowest BCUT2D eigenvalue weighted by Crippen LogP contribution is -2.50. The van der Waals surface area contributed by atoms with Crippen LogP contribution in [0.3, 0.4) is 0 Å². The Balaban J connectivity index is 0.00000288. The van der Waals surface area contributed by atoms with Crippen molar-refractivity contribution in [2.24, 2.45) is 4.99 Å². The molecule has 0 aromatic heterocycles. The van der Waals surface area contributed by atoms with E-state index in [9.17, 15) is 9.59 Å². The number of piperidine rings is 1. The van der Waals surface area contributed by atoms with Gasteiger partial charge in [0.15, 0.2) is 5.96 Å². The molecule has 9 heteroatoms. The van der Waals surface area contributed by atoms with Crippen LogP contribution in [0.15, 0.2) is 17.6 Å². The summed E-state index contributed by atoms with van der Waals surface area (Å²) in [5.41, 5.74) is 0. The molecular weight excluding hydrogens is 423 g/mol. The van der Waals surface area contributed by atoms with E-state index in [-0.39, 0.29) is 42.5 Å². The number of imide groups is 1. The zero-order valence-corrected chi connectivity index (χ0v) is 16.4. The van der Waals surface area contributed by atoms with Crippen molar-refractivity contribution in [2.75, 3.05) is 46.3 Å². The van der Waals surface area contributed by atoms with E-state index < -0.39 is 0 Å². The Morgan fingerprint density at radius 2 is 2.12 bits per heavy atom. The molecule has 3 amide bonds. The fourth-order valence-corrected chi connectivity index (χ4v) is 2.80. The Morgan fingerprint density at radius 1 is 1.42 bits per heavy atom. The number of guanidine groups is 1. The van der Waals surface area contributed by atoms with Crippen LogP contribution in [-0.2, 0) is 4.79 Å². The number of hydrogen-bond acceptors (Lipinski definition) is 4. The third-order valence-electron chi connectivity index (χ3n) is 4.10. The molecule has 2 fully saturated rings. The number of hydrogen-bond donors (Lipinski definition) is 3. The highest BCUT2D eigenvalue weighted by Gasteiger charge is 2.27. The number of rotatable bonds is 6. The van der Waals surface area contributed by atoms with E-state index in [0.717, 1.165) is 32.5 Å². The quantitative estimate of drug-likeness (QED) is 0.174. The van der Waals surface area contributed by atoms with Gasteiger partial charge in [-0.15, -0.1) is 30.6 Å². The molecule has 0 aliphatic carbocycles. The van der Waals surface area contributed by atoms with E-state index in [0.29, 0.717) is 25.1 Å². The number of nitrogens with one attached hydrogen (secondary N) is 3. The first-order chi connectivity index (χ1) is 11.1. The van der Waals surface area contributed by atoms with Crippen molar-refractivity contribution in [3.05, 3.63) is 12.7 Å². The molecule has 136 valence electrons. The van der Waals surface area contributed by atoms with E-state index >= 15 is 0 Å². The summed E-state index contributed by atoms with van der Waals surface area (Å²) in [5.74, 6) is 0.522. The number of amides is 3. The van der Waals surface area contributed by atoms with Gasteiger partial charge in [0.05, 0.1) is 6.54 Å². The highest BCUT2D eigenvalue weighted by atomic mass is 127. The van der Waals surface area contributed by atoms with E-state index in [1.807, 2.05) is 6.08 Å². The Morgan fingerprint density at radius 3 is 2.67 bits per heavy atom. The summed E-state index contributed by atoms with van der Waals surface area (Å²) in [5, 5.41) is 9.06. The van der Waals surface area contributed by atoms with Crippen LogP contribution in [0.4, 0.5) is 4.79 Å². The van der Waals surface area contributed by atoms with Crippen molar-refractivity contribution in [3.8, 4) is 0 Å². The number of carbonyl (C=O) groups is 2. The number of aliphatic imine (C=N–C) groups is 1. The third-order valence-corrected chi connectivity index (χ3v) is 4.10. The van der Waals surface area contributed by atoms with E-state index in [1.165, 1.54) is 4.90 Å². The molecule has 0 saturated carbocycles. The highest BCUT2D eigenvalue weighted by molar-refractivity contribution is 14.0. The molecule has 2 heterocycles. The van der Waals surface area contributed by atoms with E-state index in [2.05, 4.69) is 32.4 Å². The monoisotopic (exact) mass is 450 g/mol. The predicted octanol–water partition coefficient (Wildman–Crippen LogP) is -0.0284. The number of likely N-dealkylation sites (tertiary alicyclic amines) is 1. The van der Waals surface area contributed by atoms with Crippen molar-refractivity contribution in [2.45, 2.75) is 18.9 Å². The van der Waals surface area contributed by atoms with Crippen molar-refractivity contribution < 1.29 is 9.59 Å². The lowest BCUT2D eigenvalue weighted by atomic mass is 10.1. The van der Waals surface area contributed by atoms with Gasteiger partial charge in [-0.05, 0) is 12.8 Å². The summed E-state index contributed by atoms with van der Waals surface area (Å²) in [7, 11) is 1.72. The van der Waals surface area contributed by atoms with Crippen LogP contribution in [0.1, 0.15) is 12.8 Å². The number of urea groups is 1. The summed E-state index contributed by atoms with van der Waals surface area (Å²) >= 11 is 0. The van der Waals surface area contributed by atoms with Gasteiger partial charge in [-0.25, -0.2) is 4.79 Å². The van der Waals surface area contributed by atoms with Crippen LogP contribution in [0.2, 0.25) is 0 Å². The molecule has 0 bridgehead atoms. The van der Waals surface area contributed by atoms with Gasteiger partial charge >= 0.3 is 6.03 Å². The fraction of sp³-hybridized carbons (Fsp3) is 0.667. The fourth-order valence-electron chi connectivity index (χ4n) is 2.80. The maximum Gasteiger partial charge on any atom is 0.324 e. The first-order valence-corrected chi connectivity index (χ1v) is 8.02. The maximum atomic E-state index is 11.5. The zero-order chi connectivity index (χ0) is 16.7. The molecule has 2 aliphatic heterocycles. The van der Waals surface area contributed by atoms with Gasteiger partial charge < -0.3 is 16.0 Å². The number of nitrogens with zero attached hydrogens (tertiary/aromatic N) is 3. The lowest BCUT2D eigenvalue weighted by Gasteiger charge is -2.32. The Labute approximate surface area is 160 Å². The average molecular weight is 450 g/mol. The normalized spacial score (nSPS) is 19.7. The summed E-state index contributed by atoms with van der Waals surface area (Å²) < 4.78 is 0. The summed E-state index contributed by atoms with van der Waals surface area (Å²) in [6, 6.07) is 0.0633. The molecule has 0 atom stereocenters. The van der Waals surface area contributed by atoms with Crippen molar-refractivity contribution in [1.29, 1.82) is 0 Å². The topological polar surface area (TPSA) is 89.1 Å². The van der Waals surface area contributed by atoms with Gasteiger partial charge in [0.2, 0.25) is 5.91 Å². The Kier molecular flexibility index (Phi) is 9.04. The molecule has 24 heavy (non-hydrogen) atoms. The molecule has 0 unspecified atom stereocenters. The maximum absolute atomic E-state index is 11.5. The van der Waals surface area contributed by atoms with Crippen molar-refractivity contribution >= 4 is 41.9 Å². The average Bonchev–Trinajstić information content (AvgIpc) is 2.87. The molecular formula is C15H27IN6O2. The lowest BCUT2D eigenvalue weighted by molar-refractivity contribution is -0.124. The van der Waals surface area contributed by atoms with Crippen LogP contribution in [0.25, 0.3) is 0 Å². The van der Waals surface area contributed by atoms with Crippen LogP contribution in [-0.4, -0.2) is 80.1 Å². The molecule has 0 radical (unpaired) electrons. The number of carbonyl (C=O) groups excluding carboxylic acids is 2. The Bertz CT molecular complexity index is 461. The van der Waals surface area contributed by atoms with Crippen LogP contribution in [0.5, 0.6) is 0 Å². The summed E-state index contributed by atoms with van der Waals surface area (Å²) in [4.78, 5) is 30.7. The molecule has 3 N–H and O–H groups in total. The molecule has 2 aliphatic rings. The molecule has 0 aromatic carbocycles. The standard InChI is InChI=1S/C15H26N6O2.HI/c1-3-7-20-8-4-12(5-9-20)19-14(16-2)17-6-10-21-13(22)11-18-15(21)23;/h3,12H,1,4-11H2,2H3,(H,18,23)(H2,16,17,19);1H. The van der Waals surface area contributed by atoms with E-state index in [1.54, 1.807) is 7.05 Å². The minimum absolute atomic E-state index is 0. The van der Waals surface area contributed by atoms with Crippen LogP contribution >= 0.6 is 24.0 Å². The summed E-state index contributed by atoms with van der Waals surface area (Å²) in [6.07, 6.45) is 4.05. The van der Waals surface area contributed by atoms with E-state index in [4.69, 9.17) is 0 Å². The van der Waals surface area contributed by atoms with Crippen molar-refractivity contribution in [1.82, 2.24) is 25.8 Å². The second-order valence-electron chi connectivity index (χ2n) is 5.71. The minimum atomic E-state index is -0.325. The third kappa shape index (κ3) is 5.93. The first-order valence-electron chi connectivity index (χ1n) is 8.02. The minimum Gasteiger partial charge on any atom is -0.355 e. The SMILES string of the molecule is C=CCN1CCC(NC(=NC)NCCN2C(=O)CNC2=O)CC1.I. The summed E-state index contributed by atoms with van der Waals surface area (Å²) in [6.45, 7) is 7.70. The van der Waals surface area contributed by atoms with Gasteiger partial charge in [0, 0.05) is 45.8 Å². The smallest absolute Gasteiger partial charge is 0.324 e. The molecule has 0 aromatic rings. The van der Waals surface area contributed by atoms with Crippen molar-refractivity contribution in [3.63, 3.8) is 0 Å². The van der Waals surface area contributed by atoms with Gasteiger partial charge in [-0.2, -0.15) is 0 Å². The van der Waals surface area contributed by atoms with Gasteiger partial charge in [-0.3, -0.25) is 19.6 Å². The second kappa shape index (κ2) is 10.5. The Hall–Kier alpha value is -1.36. The second-order valence-corrected chi connectivity index (χ2v) is 5.71. The molecule has 2 rings (SSSR count). The van der Waals surface area contributed by atoms with Crippen LogP contribution in [0, 0.1) is 0 Å². The molecule has 8 nitrogen and oxygen atoms in total. The highest BCUT2D eigenvalue weighted by Crippen LogP contribution is 2.09. The molecule has 2 saturated heterocycles. The van der Waals surface area contributed by atoms with Gasteiger partial charge in [0.25, 0.3) is 0 Å². The predicted molar refractivity (Wildman–Crippen MR) is 105 cm³/mol. The molecule has 0 spiro atoms. The van der Waals surface area contributed by atoms with Crippen LogP contribution < -0.4 is 16.0 Å².